The number of hydrogen-bond acceptors (Lipinski definition) is 2. The van der Waals surface area contributed by atoms with E-state index in [0.717, 1.165) is 11.1 Å². The van der Waals surface area contributed by atoms with E-state index in [2.05, 4.69) is 5.32 Å². The van der Waals surface area contributed by atoms with Crippen molar-refractivity contribution >= 4 is 29.0 Å². The van der Waals surface area contributed by atoms with Crippen molar-refractivity contribution in [1.82, 2.24) is 0 Å². The van der Waals surface area contributed by atoms with Crippen LogP contribution in [0, 0.1) is 5.82 Å². The molecule has 0 spiro atoms. The summed E-state index contributed by atoms with van der Waals surface area (Å²) in [5, 5.41) is 3.17. The highest BCUT2D eigenvalue weighted by atomic mass is 35.5. The summed E-state index contributed by atoms with van der Waals surface area (Å²) in [4.78, 5) is 26.5. The summed E-state index contributed by atoms with van der Waals surface area (Å²) in [6.07, 6.45) is 0. The number of rotatable bonds is 6. The molecule has 1 amide bonds. The summed E-state index contributed by atoms with van der Waals surface area (Å²) in [5.74, 6) is -2.10. The molecule has 4 aromatic rings. The Hall–Kier alpha value is -3.76. The molecule has 32 heavy (non-hydrogen) atoms. The van der Waals surface area contributed by atoms with Crippen LogP contribution in [-0.2, 0) is 4.79 Å². The minimum atomic E-state index is -0.638. The van der Waals surface area contributed by atoms with Crippen molar-refractivity contribution < 1.29 is 14.0 Å². The minimum absolute atomic E-state index is 0.0899. The van der Waals surface area contributed by atoms with Crippen LogP contribution >= 0.6 is 11.6 Å². The molecule has 0 aromatic heterocycles. The molecule has 0 saturated carbocycles. The fourth-order valence-corrected chi connectivity index (χ4v) is 3.77. The van der Waals surface area contributed by atoms with E-state index in [-0.39, 0.29) is 22.7 Å². The standard InChI is InChI=1S/C27H19ClFNO2/c28-20-15-16-24(22(17-20)26(31)21-13-7-8-14-23(21)29)30-27(32)25(18-9-3-1-4-10-18)19-11-5-2-6-12-19/h1-17,25H,(H,30,32). The fraction of sp³-hybridized carbons (Fsp3) is 0.0370. The molecule has 0 aliphatic heterocycles. The van der Waals surface area contributed by atoms with Gasteiger partial charge in [0.1, 0.15) is 5.82 Å². The molecule has 1 N–H and O–H groups in total. The van der Waals surface area contributed by atoms with E-state index in [0.29, 0.717) is 5.02 Å². The summed E-state index contributed by atoms with van der Waals surface area (Å²) in [5.41, 5.74) is 1.92. The van der Waals surface area contributed by atoms with Gasteiger partial charge in [-0.25, -0.2) is 4.39 Å². The quantitative estimate of drug-likeness (QED) is 0.346. The number of carbonyl (C=O) groups is 2. The van der Waals surface area contributed by atoms with Crippen molar-refractivity contribution in [2.75, 3.05) is 5.32 Å². The van der Waals surface area contributed by atoms with Gasteiger partial charge in [0.25, 0.3) is 0 Å². The lowest BCUT2D eigenvalue weighted by Gasteiger charge is -2.19. The van der Waals surface area contributed by atoms with Gasteiger partial charge in [-0.2, -0.15) is 0 Å². The van der Waals surface area contributed by atoms with E-state index in [1.807, 2.05) is 60.7 Å². The molecule has 0 bridgehead atoms. The van der Waals surface area contributed by atoms with Gasteiger partial charge in [-0.15, -0.1) is 0 Å². The molecule has 3 nitrogen and oxygen atoms in total. The Bertz CT molecular complexity index is 1220. The lowest BCUT2D eigenvalue weighted by molar-refractivity contribution is -0.116. The van der Waals surface area contributed by atoms with E-state index < -0.39 is 17.5 Å². The number of carbonyl (C=O) groups excluding carboxylic acids is 2. The molecule has 4 rings (SSSR count). The van der Waals surface area contributed by atoms with Gasteiger partial charge in [-0.3, -0.25) is 9.59 Å². The Morgan fingerprint density at radius 2 is 1.28 bits per heavy atom. The number of halogens is 2. The molecule has 0 radical (unpaired) electrons. The number of amides is 1. The molecule has 158 valence electrons. The molecule has 5 heteroatoms. The van der Waals surface area contributed by atoms with E-state index in [4.69, 9.17) is 11.6 Å². The number of anilines is 1. The van der Waals surface area contributed by atoms with Crippen molar-refractivity contribution in [3.63, 3.8) is 0 Å². The maximum absolute atomic E-state index is 14.3. The van der Waals surface area contributed by atoms with Crippen LogP contribution in [-0.4, -0.2) is 11.7 Å². The highest BCUT2D eigenvalue weighted by molar-refractivity contribution is 6.31. The largest absolute Gasteiger partial charge is 0.325 e. The lowest BCUT2D eigenvalue weighted by Crippen LogP contribution is -2.23. The van der Waals surface area contributed by atoms with E-state index >= 15 is 0 Å². The van der Waals surface area contributed by atoms with Crippen LogP contribution in [0.25, 0.3) is 0 Å². The highest BCUT2D eigenvalue weighted by Gasteiger charge is 2.25. The number of nitrogens with one attached hydrogen (secondary N) is 1. The lowest BCUT2D eigenvalue weighted by atomic mass is 9.90. The maximum atomic E-state index is 14.3. The van der Waals surface area contributed by atoms with Crippen molar-refractivity contribution in [3.8, 4) is 0 Å². The van der Waals surface area contributed by atoms with Crippen LogP contribution in [0.2, 0.25) is 5.02 Å². The molecule has 0 saturated heterocycles. The topological polar surface area (TPSA) is 46.2 Å². The first kappa shape index (κ1) is 21.5. The fourth-order valence-electron chi connectivity index (χ4n) is 3.59. The Labute approximate surface area is 190 Å². The molecule has 0 aliphatic rings. The van der Waals surface area contributed by atoms with E-state index in [1.54, 1.807) is 18.2 Å². The van der Waals surface area contributed by atoms with Gasteiger partial charge in [-0.05, 0) is 41.5 Å². The van der Waals surface area contributed by atoms with Crippen molar-refractivity contribution in [2.45, 2.75) is 5.92 Å². The van der Waals surface area contributed by atoms with Crippen LogP contribution in [0.15, 0.2) is 103 Å². The molecular formula is C27H19ClFNO2. The molecule has 0 heterocycles. The van der Waals surface area contributed by atoms with Crippen molar-refractivity contribution in [3.05, 3.63) is 136 Å². The molecule has 0 unspecified atom stereocenters. The molecule has 0 fully saturated rings. The summed E-state index contributed by atoms with van der Waals surface area (Å²) in [7, 11) is 0. The molecule has 4 aromatic carbocycles. The zero-order chi connectivity index (χ0) is 22.5. The second-order valence-electron chi connectivity index (χ2n) is 7.24. The third-order valence-corrected chi connectivity index (χ3v) is 5.37. The number of hydrogen-bond donors (Lipinski definition) is 1. The van der Waals surface area contributed by atoms with Crippen molar-refractivity contribution in [2.24, 2.45) is 0 Å². The Balaban J connectivity index is 1.72. The average Bonchev–Trinajstić information content (AvgIpc) is 2.82. The third kappa shape index (κ3) is 4.61. The Morgan fingerprint density at radius 1 is 0.719 bits per heavy atom. The van der Waals surface area contributed by atoms with Gasteiger partial charge in [-0.1, -0.05) is 84.4 Å². The van der Waals surface area contributed by atoms with Gasteiger partial charge in [0.05, 0.1) is 17.2 Å². The normalized spacial score (nSPS) is 10.7. The second-order valence-corrected chi connectivity index (χ2v) is 7.68. The Kier molecular flexibility index (Phi) is 6.43. The molecule has 0 aliphatic carbocycles. The highest BCUT2D eigenvalue weighted by Crippen LogP contribution is 2.29. The Morgan fingerprint density at radius 3 is 1.88 bits per heavy atom. The third-order valence-electron chi connectivity index (χ3n) is 5.13. The summed E-state index contributed by atoms with van der Waals surface area (Å²) in [6.45, 7) is 0. The van der Waals surface area contributed by atoms with Gasteiger partial charge >= 0.3 is 0 Å². The first-order valence-electron chi connectivity index (χ1n) is 10.0. The van der Waals surface area contributed by atoms with E-state index in [9.17, 15) is 14.0 Å². The predicted octanol–water partition coefficient (Wildman–Crippen LogP) is 6.48. The smallest absolute Gasteiger partial charge is 0.236 e. The zero-order valence-electron chi connectivity index (χ0n) is 17.0. The van der Waals surface area contributed by atoms with Crippen LogP contribution in [0.1, 0.15) is 33.0 Å². The SMILES string of the molecule is O=C(c1ccccc1F)c1cc(Cl)ccc1NC(=O)C(c1ccccc1)c1ccccc1. The van der Waals surface area contributed by atoms with E-state index in [1.165, 1.54) is 24.3 Å². The van der Waals surface area contributed by atoms with Gasteiger partial charge in [0, 0.05) is 10.6 Å². The average molecular weight is 444 g/mol. The number of ketones is 1. The summed E-state index contributed by atoms with van der Waals surface area (Å²) >= 11 is 6.12. The van der Waals surface area contributed by atoms with Crippen LogP contribution in [0.3, 0.4) is 0 Å². The molecular weight excluding hydrogens is 425 g/mol. The predicted molar refractivity (Wildman–Crippen MR) is 125 cm³/mol. The minimum Gasteiger partial charge on any atom is -0.325 e. The molecule has 0 atom stereocenters. The first-order valence-corrected chi connectivity index (χ1v) is 10.4. The summed E-state index contributed by atoms with van der Waals surface area (Å²) in [6, 6.07) is 29.0. The monoisotopic (exact) mass is 443 g/mol. The second kappa shape index (κ2) is 9.58. The maximum Gasteiger partial charge on any atom is 0.236 e. The first-order chi connectivity index (χ1) is 15.5. The summed E-state index contributed by atoms with van der Waals surface area (Å²) < 4.78 is 14.3. The van der Waals surface area contributed by atoms with Crippen LogP contribution < -0.4 is 5.32 Å². The zero-order valence-corrected chi connectivity index (χ0v) is 17.7. The van der Waals surface area contributed by atoms with Gasteiger partial charge < -0.3 is 5.32 Å². The van der Waals surface area contributed by atoms with Crippen molar-refractivity contribution in [1.29, 1.82) is 0 Å². The van der Waals surface area contributed by atoms with Crippen LogP contribution in [0.4, 0.5) is 10.1 Å². The van der Waals surface area contributed by atoms with Gasteiger partial charge in [0.15, 0.2) is 5.78 Å². The van der Waals surface area contributed by atoms with Crippen LogP contribution in [0.5, 0.6) is 0 Å². The number of benzene rings is 4. The van der Waals surface area contributed by atoms with Gasteiger partial charge in [0.2, 0.25) is 5.91 Å².